The lowest BCUT2D eigenvalue weighted by molar-refractivity contribution is 0.103. The molecular weight excluding hydrogens is 334 g/mol. The van der Waals surface area contributed by atoms with Crippen molar-refractivity contribution in [1.29, 1.82) is 0 Å². The van der Waals surface area contributed by atoms with Crippen molar-refractivity contribution >= 4 is 11.5 Å². The summed E-state index contributed by atoms with van der Waals surface area (Å²) in [6, 6.07) is 12.0. The number of carbonyl (C=O) groups excluding carboxylic acids is 1. The van der Waals surface area contributed by atoms with Gasteiger partial charge in [-0.25, -0.2) is 8.78 Å². The number of nitrogen functional groups attached to an aromatic ring is 1. The Morgan fingerprint density at radius 1 is 1.04 bits per heavy atom. The number of rotatable bonds is 4. The molecule has 0 spiro atoms. The molecule has 0 saturated carbocycles. The van der Waals surface area contributed by atoms with Crippen LogP contribution in [0.5, 0.6) is 0 Å². The number of anilines is 1. The van der Waals surface area contributed by atoms with Gasteiger partial charge in [0.2, 0.25) is 0 Å². The van der Waals surface area contributed by atoms with Crippen molar-refractivity contribution in [1.82, 2.24) is 4.98 Å². The maximum Gasteiger partial charge on any atom is 0.198 e. The first-order valence-electron chi connectivity index (χ1n) is 8.23. The normalized spacial score (nSPS) is 11.0. The van der Waals surface area contributed by atoms with Crippen LogP contribution in [0, 0.1) is 11.6 Å². The zero-order valence-electron chi connectivity index (χ0n) is 14.5. The predicted octanol–water partition coefficient (Wildman–Crippen LogP) is 4.96. The van der Waals surface area contributed by atoms with E-state index in [0.717, 1.165) is 23.3 Å². The number of hydrogen-bond donors (Lipinski definition) is 1. The smallest absolute Gasteiger partial charge is 0.198 e. The average Bonchev–Trinajstić information content (AvgIpc) is 2.61. The largest absolute Gasteiger partial charge is 0.396 e. The zero-order valence-corrected chi connectivity index (χ0v) is 14.5. The van der Waals surface area contributed by atoms with E-state index in [4.69, 9.17) is 5.73 Å². The van der Waals surface area contributed by atoms with Gasteiger partial charge in [0.25, 0.3) is 0 Å². The van der Waals surface area contributed by atoms with E-state index in [1.165, 1.54) is 12.3 Å². The SMILES string of the molecule is CC(C)c1ccccc1-c1nccc(C(=O)c2ccc(F)cc2F)c1N. The maximum absolute atomic E-state index is 14.0. The number of pyridine rings is 1. The van der Waals surface area contributed by atoms with Gasteiger partial charge in [-0.15, -0.1) is 0 Å². The molecule has 2 aromatic carbocycles. The fourth-order valence-electron chi connectivity index (χ4n) is 2.92. The van der Waals surface area contributed by atoms with Gasteiger partial charge in [-0.1, -0.05) is 38.1 Å². The summed E-state index contributed by atoms with van der Waals surface area (Å²) in [6.45, 7) is 4.11. The predicted molar refractivity (Wildman–Crippen MR) is 98.0 cm³/mol. The molecule has 2 N–H and O–H groups in total. The summed E-state index contributed by atoms with van der Waals surface area (Å²) in [7, 11) is 0. The van der Waals surface area contributed by atoms with Gasteiger partial charge in [0.15, 0.2) is 5.78 Å². The first kappa shape index (κ1) is 17.7. The highest BCUT2D eigenvalue weighted by atomic mass is 19.1. The molecule has 0 radical (unpaired) electrons. The monoisotopic (exact) mass is 352 g/mol. The Balaban J connectivity index is 2.13. The first-order chi connectivity index (χ1) is 12.4. The Labute approximate surface area is 150 Å². The van der Waals surface area contributed by atoms with Gasteiger partial charge >= 0.3 is 0 Å². The lowest BCUT2D eigenvalue weighted by atomic mass is 9.92. The quantitative estimate of drug-likeness (QED) is 0.675. The van der Waals surface area contributed by atoms with Crippen LogP contribution in [-0.4, -0.2) is 10.8 Å². The number of nitrogens with zero attached hydrogens (tertiary/aromatic N) is 1. The topological polar surface area (TPSA) is 56.0 Å². The molecule has 26 heavy (non-hydrogen) atoms. The van der Waals surface area contributed by atoms with Crippen molar-refractivity contribution in [3.63, 3.8) is 0 Å². The third-order valence-electron chi connectivity index (χ3n) is 4.25. The molecule has 0 unspecified atom stereocenters. The summed E-state index contributed by atoms with van der Waals surface area (Å²) in [4.78, 5) is 17.1. The van der Waals surface area contributed by atoms with Gasteiger partial charge in [-0.2, -0.15) is 0 Å². The highest BCUT2D eigenvalue weighted by Gasteiger charge is 2.21. The summed E-state index contributed by atoms with van der Waals surface area (Å²) in [6.07, 6.45) is 1.47. The third-order valence-corrected chi connectivity index (χ3v) is 4.25. The first-order valence-corrected chi connectivity index (χ1v) is 8.23. The zero-order chi connectivity index (χ0) is 18.8. The Kier molecular flexibility index (Phi) is 4.80. The van der Waals surface area contributed by atoms with Gasteiger partial charge in [-0.05, 0) is 29.7 Å². The Morgan fingerprint density at radius 2 is 1.77 bits per heavy atom. The van der Waals surface area contributed by atoms with E-state index in [-0.39, 0.29) is 22.7 Å². The van der Waals surface area contributed by atoms with Gasteiger partial charge in [-0.3, -0.25) is 9.78 Å². The summed E-state index contributed by atoms with van der Waals surface area (Å²) in [5.74, 6) is -2.03. The van der Waals surface area contributed by atoms with Crippen LogP contribution in [0.25, 0.3) is 11.3 Å². The van der Waals surface area contributed by atoms with Crippen LogP contribution >= 0.6 is 0 Å². The van der Waals surface area contributed by atoms with E-state index in [1.807, 2.05) is 24.3 Å². The number of halogens is 2. The Bertz CT molecular complexity index is 983. The van der Waals surface area contributed by atoms with Crippen LogP contribution in [0.3, 0.4) is 0 Å². The lowest BCUT2D eigenvalue weighted by Crippen LogP contribution is -2.10. The molecule has 3 nitrogen and oxygen atoms in total. The van der Waals surface area contributed by atoms with Crippen molar-refractivity contribution in [3.8, 4) is 11.3 Å². The van der Waals surface area contributed by atoms with Gasteiger partial charge in [0.1, 0.15) is 11.6 Å². The number of benzene rings is 2. The van der Waals surface area contributed by atoms with Crippen LogP contribution < -0.4 is 5.73 Å². The molecule has 0 saturated heterocycles. The van der Waals surface area contributed by atoms with E-state index in [0.29, 0.717) is 11.8 Å². The second-order valence-corrected chi connectivity index (χ2v) is 6.32. The highest BCUT2D eigenvalue weighted by molar-refractivity contribution is 6.13. The van der Waals surface area contributed by atoms with E-state index in [2.05, 4.69) is 18.8 Å². The summed E-state index contributed by atoms with van der Waals surface area (Å²) in [5.41, 5.74) is 8.66. The maximum atomic E-state index is 14.0. The van der Waals surface area contributed by atoms with Crippen molar-refractivity contribution in [2.24, 2.45) is 0 Å². The van der Waals surface area contributed by atoms with Gasteiger partial charge in [0.05, 0.1) is 16.9 Å². The van der Waals surface area contributed by atoms with Crippen molar-refractivity contribution < 1.29 is 13.6 Å². The molecule has 132 valence electrons. The average molecular weight is 352 g/mol. The molecule has 0 atom stereocenters. The van der Waals surface area contributed by atoms with Crippen molar-refractivity contribution in [2.75, 3.05) is 5.73 Å². The molecule has 0 aliphatic heterocycles. The third kappa shape index (κ3) is 3.20. The number of ketones is 1. The molecule has 1 heterocycles. The second kappa shape index (κ2) is 7.04. The minimum Gasteiger partial charge on any atom is -0.396 e. The Morgan fingerprint density at radius 3 is 2.46 bits per heavy atom. The number of nitrogens with two attached hydrogens (primary N) is 1. The van der Waals surface area contributed by atoms with Crippen molar-refractivity contribution in [3.05, 3.63) is 83.1 Å². The number of carbonyl (C=O) groups is 1. The van der Waals surface area contributed by atoms with Crippen LogP contribution in [0.15, 0.2) is 54.7 Å². The fourth-order valence-corrected chi connectivity index (χ4v) is 2.92. The molecule has 5 heteroatoms. The van der Waals surface area contributed by atoms with Crippen LogP contribution in [-0.2, 0) is 0 Å². The number of aromatic nitrogens is 1. The van der Waals surface area contributed by atoms with E-state index in [9.17, 15) is 13.6 Å². The minimum absolute atomic E-state index is 0.138. The van der Waals surface area contributed by atoms with E-state index in [1.54, 1.807) is 0 Å². The fraction of sp³-hybridized carbons (Fsp3) is 0.143. The molecule has 0 bridgehead atoms. The molecule has 1 aromatic heterocycles. The minimum atomic E-state index is -0.921. The van der Waals surface area contributed by atoms with Crippen molar-refractivity contribution in [2.45, 2.75) is 19.8 Å². The second-order valence-electron chi connectivity index (χ2n) is 6.32. The van der Waals surface area contributed by atoms with Crippen LogP contribution in [0.1, 0.15) is 41.3 Å². The van der Waals surface area contributed by atoms with Crippen LogP contribution in [0.4, 0.5) is 14.5 Å². The molecular formula is C21H18F2N2O. The molecule has 0 aliphatic rings. The Hall–Kier alpha value is -3.08. The van der Waals surface area contributed by atoms with Crippen LogP contribution in [0.2, 0.25) is 0 Å². The summed E-state index contributed by atoms with van der Waals surface area (Å²) < 4.78 is 27.1. The molecule has 3 aromatic rings. The number of hydrogen-bond acceptors (Lipinski definition) is 3. The molecule has 3 rings (SSSR count). The standard InChI is InChI=1S/C21H18F2N2O/c1-12(2)14-5-3-4-6-15(14)20-19(24)17(9-10-25-20)21(26)16-8-7-13(22)11-18(16)23/h3-12H,24H2,1-2H3. The summed E-state index contributed by atoms with van der Waals surface area (Å²) >= 11 is 0. The molecule has 0 amide bonds. The van der Waals surface area contributed by atoms with E-state index >= 15 is 0 Å². The molecule has 0 fully saturated rings. The molecule has 0 aliphatic carbocycles. The lowest BCUT2D eigenvalue weighted by Gasteiger charge is -2.15. The van der Waals surface area contributed by atoms with E-state index < -0.39 is 17.4 Å². The van der Waals surface area contributed by atoms with Gasteiger partial charge < -0.3 is 5.73 Å². The highest BCUT2D eigenvalue weighted by Crippen LogP contribution is 2.33. The summed E-state index contributed by atoms with van der Waals surface area (Å²) in [5, 5.41) is 0. The van der Waals surface area contributed by atoms with Gasteiger partial charge in [0, 0.05) is 23.4 Å².